The number of nitrogens with one attached hydrogen (secondary N) is 3. The molecule has 0 atom stereocenters. The van der Waals surface area contributed by atoms with Gasteiger partial charge in [-0.05, 0) is 42.7 Å². The standard InChI is InChI=1S/C21H28N6O.HI/c1-22-20(24-12-10-18-8-2-3-11-23-18)25-16-17-7-6-9-19(15-17)26-21(28)27-13-4-5-14-27;/h2-3,6-9,11,15H,4-5,10,12-14,16H2,1H3,(H,26,28)(H2,22,24,25);1H. The van der Waals surface area contributed by atoms with E-state index in [1.807, 2.05) is 47.4 Å². The zero-order valence-corrected chi connectivity index (χ0v) is 19.1. The number of halogens is 1. The van der Waals surface area contributed by atoms with Crippen molar-refractivity contribution in [3.05, 3.63) is 59.9 Å². The fraction of sp³-hybridized carbons (Fsp3) is 0.381. The number of carbonyl (C=O) groups excluding carboxylic acids is 1. The fourth-order valence-electron chi connectivity index (χ4n) is 3.14. The second-order valence-electron chi connectivity index (χ2n) is 6.75. The Hall–Kier alpha value is -2.36. The topological polar surface area (TPSA) is 81.6 Å². The van der Waals surface area contributed by atoms with Gasteiger partial charge in [-0.1, -0.05) is 18.2 Å². The lowest BCUT2D eigenvalue weighted by Gasteiger charge is -2.17. The number of aromatic nitrogens is 1. The summed E-state index contributed by atoms with van der Waals surface area (Å²) in [5.41, 5.74) is 2.94. The molecule has 1 aliphatic heterocycles. The van der Waals surface area contributed by atoms with Gasteiger partial charge in [-0.25, -0.2) is 4.79 Å². The fourth-order valence-corrected chi connectivity index (χ4v) is 3.14. The van der Waals surface area contributed by atoms with E-state index in [0.29, 0.717) is 6.54 Å². The average molecular weight is 508 g/mol. The number of anilines is 1. The van der Waals surface area contributed by atoms with Crippen LogP contribution in [0.5, 0.6) is 0 Å². The summed E-state index contributed by atoms with van der Waals surface area (Å²) in [5, 5.41) is 9.58. The quantitative estimate of drug-likeness (QED) is 0.318. The molecule has 1 aromatic carbocycles. The predicted molar refractivity (Wildman–Crippen MR) is 128 cm³/mol. The van der Waals surface area contributed by atoms with Crippen molar-refractivity contribution in [1.82, 2.24) is 20.5 Å². The Labute approximate surface area is 189 Å². The van der Waals surface area contributed by atoms with Crippen molar-refractivity contribution in [2.75, 3.05) is 32.0 Å². The Morgan fingerprint density at radius 2 is 1.97 bits per heavy atom. The van der Waals surface area contributed by atoms with E-state index in [9.17, 15) is 4.79 Å². The van der Waals surface area contributed by atoms with Gasteiger partial charge < -0.3 is 20.9 Å². The van der Waals surface area contributed by atoms with Crippen molar-refractivity contribution in [2.24, 2.45) is 4.99 Å². The summed E-state index contributed by atoms with van der Waals surface area (Å²) in [5.74, 6) is 0.738. The van der Waals surface area contributed by atoms with E-state index in [4.69, 9.17) is 0 Å². The van der Waals surface area contributed by atoms with Gasteiger partial charge in [0.2, 0.25) is 0 Å². The zero-order valence-electron chi connectivity index (χ0n) is 16.7. The predicted octanol–water partition coefficient (Wildman–Crippen LogP) is 3.24. The molecule has 0 aliphatic carbocycles. The Balaban J connectivity index is 0.00000300. The van der Waals surface area contributed by atoms with Gasteiger partial charge in [-0.3, -0.25) is 9.98 Å². The number of pyridine rings is 1. The van der Waals surface area contributed by atoms with E-state index >= 15 is 0 Å². The van der Waals surface area contributed by atoms with Crippen LogP contribution in [0, 0.1) is 0 Å². The van der Waals surface area contributed by atoms with Gasteiger partial charge in [-0.2, -0.15) is 0 Å². The van der Waals surface area contributed by atoms with Crippen LogP contribution in [0.25, 0.3) is 0 Å². The van der Waals surface area contributed by atoms with E-state index in [2.05, 4.69) is 25.9 Å². The molecule has 0 saturated carbocycles. The van der Waals surface area contributed by atoms with Crippen LogP contribution in [0.1, 0.15) is 24.1 Å². The van der Waals surface area contributed by atoms with E-state index in [1.54, 1.807) is 13.2 Å². The molecule has 7 nitrogen and oxygen atoms in total. The first-order valence-electron chi connectivity index (χ1n) is 9.74. The lowest BCUT2D eigenvalue weighted by molar-refractivity contribution is 0.222. The molecular weight excluding hydrogens is 479 g/mol. The Morgan fingerprint density at radius 1 is 1.14 bits per heavy atom. The number of hydrogen-bond acceptors (Lipinski definition) is 3. The molecule has 3 rings (SSSR count). The molecule has 1 aromatic heterocycles. The molecule has 3 N–H and O–H groups in total. The van der Waals surface area contributed by atoms with Gasteiger partial charge in [0.15, 0.2) is 5.96 Å². The van der Waals surface area contributed by atoms with Crippen LogP contribution in [0.2, 0.25) is 0 Å². The number of hydrogen-bond donors (Lipinski definition) is 3. The first kappa shape index (κ1) is 22.9. The highest BCUT2D eigenvalue weighted by atomic mass is 127. The van der Waals surface area contributed by atoms with E-state index in [1.165, 1.54) is 0 Å². The molecule has 0 bridgehead atoms. The number of nitrogens with zero attached hydrogens (tertiary/aromatic N) is 3. The van der Waals surface area contributed by atoms with Gasteiger partial charge >= 0.3 is 6.03 Å². The second kappa shape index (κ2) is 12.3. The minimum absolute atomic E-state index is 0. The number of rotatable bonds is 6. The molecule has 2 amide bonds. The average Bonchev–Trinajstić information content (AvgIpc) is 3.27. The zero-order chi connectivity index (χ0) is 19.6. The van der Waals surface area contributed by atoms with Gasteiger partial charge in [0.25, 0.3) is 0 Å². The highest BCUT2D eigenvalue weighted by molar-refractivity contribution is 14.0. The third-order valence-electron chi connectivity index (χ3n) is 4.65. The molecule has 0 radical (unpaired) electrons. The maximum absolute atomic E-state index is 12.2. The molecule has 1 fully saturated rings. The summed E-state index contributed by atoms with van der Waals surface area (Å²) in [6.45, 7) is 3.06. The number of likely N-dealkylation sites (tertiary alicyclic amines) is 1. The molecular formula is C21H29IN6O. The van der Waals surface area contributed by atoms with Crippen LogP contribution >= 0.6 is 24.0 Å². The summed E-state index contributed by atoms with van der Waals surface area (Å²) >= 11 is 0. The van der Waals surface area contributed by atoms with Gasteiger partial charge in [-0.15, -0.1) is 24.0 Å². The molecule has 156 valence electrons. The van der Waals surface area contributed by atoms with Crippen LogP contribution < -0.4 is 16.0 Å². The smallest absolute Gasteiger partial charge is 0.321 e. The molecule has 1 saturated heterocycles. The molecule has 2 aromatic rings. The van der Waals surface area contributed by atoms with Crippen LogP contribution in [-0.4, -0.2) is 48.6 Å². The highest BCUT2D eigenvalue weighted by Crippen LogP contribution is 2.14. The normalized spacial score (nSPS) is 13.6. The molecule has 0 unspecified atom stereocenters. The van der Waals surface area contributed by atoms with Crippen LogP contribution in [0.3, 0.4) is 0 Å². The minimum atomic E-state index is -0.0189. The number of carbonyl (C=O) groups is 1. The Kier molecular flexibility index (Phi) is 9.69. The molecule has 29 heavy (non-hydrogen) atoms. The lowest BCUT2D eigenvalue weighted by atomic mass is 10.2. The van der Waals surface area contributed by atoms with Crippen LogP contribution in [0.15, 0.2) is 53.7 Å². The van der Waals surface area contributed by atoms with Gasteiger partial charge in [0.1, 0.15) is 0 Å². The molecule has 1 aliphatic rings. The molecule has 8 heteroatoms. The maximum Gasteiger partial charge on any atom is 0.321 e. The summed E-state index contributed by atoms with van der Waals surface area (Å²) in [7, 11) is 1.75. The number of amides is 2. The van der Waals surface area contributed by atoms with E-state index in [0.717, 1.165) is 61.8 Å². The van der Waals surface area contributed by atoms with Crippen LogP contribution in [-0.2, 0) is 13.0 Å². The van der Waals surface area contributed by atoms with Gasteiger partial charge in [0.05, 0.1) is 0 Å². The van der Waals surface area contributed by atoms with Crippen molar-refractivity contribution < 1.29 is 4.79 Å². The third kappa shape index (κ3) is 7.52. The van der Waals surface area contributed by atoms with Crippen molar-refractivity contribution in [1.29, 1.82) is 0 Å². The van der Waals surface area contributed by atoms with Crippen molar-refractivity contribution in [3.63, 3.8) is 0 Å². The highest BCUT2D eigenvalue weighted by Gasteiger charge is 2.17. The number of aliphatic imine (C=N–C) groups is 1. The molecule has 2 heterocycles. The first-order chi connectivity index (χ1) is 13.7. The van der Waals surface area contributed by atoms with E-state index in [-0.39, 0.29) is 30.0 Å². The monoisotopic (exact) mass is 508 g/mol. The Morgan fingerprint density at radius 3 is 2.69 bits per heavy atom. The summed E-state index contributed by atoms with van der Waals surface area (Å²) in [6, 6.07) is 13.8. The summed E-state index contributed by atoms with van der Waals surface area (Å²) < 4.78 is 0. The SMILES string of the molecule is CN=C(NCCc1ccccn1)NCc1cccc(NC(=O)N2CCCC2)c1.I. The summed E-state index contributed by atoms with van der Waals surface area (Å²) in [6.07, 6.45) is 4.81. The lowest BCUT2D eigenvalue weighted by Crippen LogP contribution is -2.38. The first-order valence-corrected chi connectivity index (χ1v) is 9.74. The number of guanidine groups is 1. The maximum atomic E-state index is 12.2. The number of urea groups is 1. The third-order valence-corrected chi connectivity index (χ3v) is 4.65. The van der Waals surface area contributed by atoms with Crippen LogP contribution in [0.4, 0.5) is 10.5 Å². The van der Waals surface area contributed by atoms with Crippen molar-refractivity contribution in [2.45, 2.75) is 25.8 Å². The largest absolute Gasteiger partial charge is 0.356 e. The van der Waals surface area contributed by atoms with Crippen molar-refractivity contribution in [3.8, 4) is 0 Å². The summed E-state index contributed by atoms with van der Waals surface area (Å²) in [4.78, 5) is 22.7. The molecule has 0 spiro atoms. The minimum Gasteiger partial charge on any atom is -0.356 e. The Bertz CT molecular complexity index is 793. The second-order valence-corrected chi connectivity index (χ2v) is 6.75. The van der Waals surface area contributed by atoms with Crippen molar-refractivity contribution >= 4 is 41.7 Å². The van der Waals surface area contributed by atoms with E-state index < -0.39 is 0 Å². The van der Waals surface area contributed by atoms with Gasteiger partial charge in [0, 0.05) is 57.2 Å². The number of benzene rings is 1.